The molecule has 1 unspecified atom stereocenters. The Morgan fingerprint density at radius 2 is 1.26 bits per heavy atom. The number of Topliss-reactive ketones (excluding diaryl/α,β-unsaturated/α-hetero) is 3. The lowest BCUT2D eigenvalue weighted by Gasteiger charge is -2.40. The summed E-state index contributed by atoms with van der Waals surface area (Å²) in [5.74, 6) is -4.81. The summed E-state index contributed by atoms with van der Waals surface area (Å²) < 4.78 is 0. The monoisotopic (exact) mass is 570 g/mol. The molecule has 3 aromatic carbocycles. The Labute approximate surface area is 246 Å². The Bertz CT molecular complexity index is 1560. The molecule has 7 nitrogen and oxygen atoms in total. The first-order valence-corrected chi connectivity index (χ1v) is 14.1. The van der Waals surface area contributed by atoms with E-state index in [4.69, 9.17) is 0 Å². The van der Waals surface area contributed by atoms with E-state index in [1.54, 1.807) is 0 Å². The summed E-state index contributed by atoms with van der Waals surface area (Å²) in [5.41, 5.74) is -1.70. The number of hydrogen-bond donors (Lipinski definition) is 4. The van der Waals surface area contributed by atoms with Crippen molar-refractivity contribution in [2.75, 3.05) is 0 Å². The molecule has 1 aliphatic carbocycles. The minimum atomic E-state index is -1.48. The molecule has 0 bridgehead atoms. The number of phenols is 3. The van der Waals surface area contributed by atoms with Crippen LogP contribution in [0.1, 0.15) is 79.1 Å². The van der Waals surface area contributed by atoms with Gasteiger partial charge in [-0.15, -0.1) is 0 Å². The third-order valence-corrected chi connectivity index (χ3v) is 8.51. The van der Waals surface area contributed by atoms with Gasteiger partial charge < -0.3 is 20.4 Å². The van der Waals surface area contributed by atoms with Crippen LogP contribution in [0.3, 0.4) is 0 Å². The van der Waals surface area contributed by atoms with E-state index >= 15 is 0 Å². The van der Waals surface area contributed by atoms with Crippen molar-refractivity contribution in [1.29, 1.82) is 0 Å². The second-order valence-corrected chi connectivity index (χ2v) is 12.1. The number of benzene rings is 3. The maximum Gasteiger partial charge on any atom is 0.175 e. The van der Waals surface area contributed by atoms with Crippen molar-refractivity contribution < 1.29 is 34.8 Å². The average Bonchev–Trinajstić information content (AvgIpc) is 2.97. The average molecular weight is 571 g/mol. The van der Waals surface area contributed by atoms with E-state index in [1.165, 1.54) is 34.6 Å². The van der Waals surface area contributed by atoms with Gasteiger partial charge in [0, 0.05) is 29.0 Å². The fraction of sp³-hybridized carbons (Fsp3) is 0.343. The molecule has 0 amide bonds. The number of ketones is 3. The highest BCUT2D eigenvalue weighted by molar-refractivity contribution is 6.19. The number of phenolic OH excluding ortho intramolecular Hbond substituents is 3. The number of aliphatic hydroxyl groups excluding tert-OH is 1. The Kier molecular flexibility index (Phi) is 8.35. The minimum absolute atomic E-state index is 0.0229. The van der Waals surface area contributed by atoms with Crippen LogP contribution in [0.5, 0.6) is 17.2 Å². The van der Waals surface area contributed by atoms with Crippen molar-refractivity contribution >= 4 is 17.3 Å². The van der Waals surface area contributed by atoms with Gasteiger partial charge in [0.05, 0.1) is 10.8 Å². The topological polar surface area (TPSA) is 132 Å². The molecule has 4 rings (SSSR count). The van der Waals surface area contributed by atoms with Crippen molar-refractivity contribution in [2.24, 2.45) is 10.8 Å². The van der Waals surface area contributed by atoms with Crippen molar-refractivity contribution in [1.82, 2.24) is 0 Å². The molecule has 4 N–H and O–H groups in total. The summed E-state index contributed by atoms with van der Waals surface area (Å²) in [5, 5.41) is 45.3. The second kappa shape index (κ2) is 11.5. The van der Waals surface area contributed by atoms with E-state index in [0.29, 0.717) is 12.8 Å². The fourth-order valence-corrected chi connectivity index (χ4v) is 5.97. The molecule has 3 aromatic rings. The molecule has 0 aliphatic heterocycles. The Balaban J connectivity index is 1.91. The highest BCUT2D eigenvalue weighted by Gasteiger charge is 2.55. The van der Waals surface area contributed by atoms with Crippen molar-refractivity contribution in [3.8, 4) is 17.2 Å². The van der Waals surface area contributed by atoms with Gasteiger partial charge in [-0.05, 0) is 65.0 Å². The Morgan fingerprint density at radius 3 is 1.81 bits per heavy atom. The molecule has 42 heavy (non-hydrogen) atoms. The van der Waals surface area contributed by atoms with Gasteiger partial charge in [0.2, 0.25) is 0 Å². The van der Waals surface area contributed by atoms with Crippen LogP contribution in [0, 0.1) is 17.8 Å². The summed E-state index contributed by atoms with van der Waals surface area (Å²) in [7, 11) is 0. The summed E-state index contributed by atoms with van der Waals surface area (Å²) in [6.45, 7) is 7.49. The lowest BCUT2D eigenvalue weighted by molar-refractivity contribution is -0.144. The van der Waals surface area contributed by atoms with E-state index in [1.807, 2.05) is 60.7 Å². The predicted molar refractivity (Wildman–Crippen MR) is 160 cm³/mol. The van der Waals surface area contributed by atoms with Crippen LogP contribution in [0.25, 0.3) is 0 Å². The largest absolute Gasteiger partial charge is 0.511 e. The van der Waals surface area contributed by atoms with E-state index in [9.17, 15) is 34.8 Å². The second-order valence-electron chi connectivity index (χ2n) is 12.1. The molecule has 0 saturated heterocycles. The molecule has 0 heterocycles. The smallest absolute Gasteiger partial charge is 0.175 e. The third-order valence-electron chi connectivity index (χ3n) is 8.51. The quantitative estimate of drug-likeness (QED) is 0.167. The molecule has 0 aromatic heterocycles. The van der Waals surface area contributed by atoms with Gasteiger partial charge in [0.25, 0.3) is 0 Å². The Morgan fingerprint density at radius 1 is 0.738 bits per heavy atom. The number of carbonyl (C=O) groups is 3. The normalized spacial score (nSPS) is 16.9. The van der Waals surface area contributed by atoms with Gasteiger partial charge in [-0.25, -0.2) is 0 Å². The molecule has 0 fully saturated rings. The van der Waals surface area contributed by atoms with Gasteiger partial charge in [0.1, 0.15) is 28.6 Å². The van der Waals surface area contributed by atoms with E-state index in [2.05, 4.69) is 0 Å². The number of aliphatic hydroxyl groups is 1. The van der Waals surface area contributed by atoms with Gasteiger partial charge in [0.15, 0.2) is 17.3 Å². The van der Waals surface area contributed by atoms with Crippen molar-refractivity contribution in [2.45, 2.75) is 66.2 Å². The van der Waals surface area contributed by atoms with Crippen LogP contribution >= 0.6 is 0 Å². The molecular formula is C35H38O7. The molecule has 1 atom stereocenters. The zero-order valence-corrected chi connectivity index (χ0v) is 24.7. The van der Waals surface area contributed by atoms with Crippen LogP contribution in [-0.4, -0.2) is 37.8 Å². The van der Waals surface area contributed by atoms with Crippen LogP contribution < -0.4 is 0 Å². The molecule has 0 radical (unpaired) electrons. The van der Waals surface area contributed by atoms with Gasteiger partial charge in [-0.3, -0.25) is 14.4 Å². The van der Waals surface area contributed by atoms with Crippen LogP contribution in [0.15, 0.2) is 72.0 Å². The van der Waals surface area contributed by atoms with Gasteiger partial charge >= 0.3 is 0 Å². The molecular weight excluding hydrogens is 532 g/mol. The highest BCUT2D eigenvalue weighted by atomic mass is 16.3. The van der Waals surface area contributed by atoms with E-state index in [-0.39, 0.29) is 35.1 Å². The predicted octanol–water partition coefficient (Wildman–Crippen LogP) is 6.66. The van der Waals surface area contributed by atoms with Crippen molar-refractivity contribution in [3.63, 3.8) is 0 Å². The van der Waals surface area contributed by atoms with Crippen LogP contribution in [0.4, 0.5) is 0 Å². The van der Waals surface area contributed by atoms with Crippen LogP contribution in [-0.2, 0) is 22.4 Å². The summed E-state index contributed by atoms with van der Waals surface area (Å²) in [6.07, 6.45) is 0.879. The zero-order chi connectivity index (χ0) is 31.0. The highest BCUT2D eigenvalue weighted by Crippen LogP contribution is 2.53. The molecule has 0 spiro atoms. The summed E-state index contributed by atoms with van der Waals surface area (Å²) in [6, 6.07) is 18.7. The third kappa shape index (κ3) is 5.31. The Hall–Kier alpha value is -4.39. The van der Waals surface area contributed by atoms with E-state index in [0.717, 1.165) is 11.1 Å². The maximum absolute atomic E-state index is 13.9. The first kappa shape index (κ1) is 30.6. The fourth-order valence-electron chi connectivity index (χ4n) is 5.97. The van der Waals surface area contributed by atoms with E-state index < -0.39 is 57.1 Å². The molecule has 0 saturated carbocycles. The van der Waals surface area contributed by atoms with Crippen molar-refractivity contribution in [3.05, 3.63) is 99.8 Å². The van der Waals surface area contributed by atoms with Gasteiger partial charge in [-0.2, -0.15) is 0 Å². The number of hydrogen-bond acceptors (Lipinski definition) is 7. The molecule has 7 heteroatoms. The summed E-state index contributed by atoms with van der Waals surface area (Å²) >= 11 is 0. The SMILES string of the molecule is Cc1c(O)c(C(=O)CCc2ccccc2)c(O)c(C(CCc2ccccc2)C2=C(O)C(C)(C)C(=O)C(C)(C)C2=O)c1O. The van der Waals surface area contributed by atoms with Gasteiger partial charge in [-0.1, -0.05) is 60.7 Å². The van der Waals surface area contributed by atoms with Crippen LogP contribution in [0.2, 0.25) is 0 Å². The first-order valence-electron chi connectivity index (χ1n) is 14.1. The number of carbonyl (C=O) groups excluding carboxylic acids is 3. The maximum atomic E-state index is 13.9. The molecule has 1 aliphatic rings. The number of rotatable bonds is 9. The first-order chi connectivity index (χ1) is 19.7. The standard InChI is InChI=1S/C35H38O7/c1-20-28(37)25(30(39)27(29(20)38)24(36)19-17-22-14-10-7-11-15-22)23(18-16-21-12-8-6-9-13-21)26-31(40)34(2,3)33(42)35(4,5)32(26)41/h6-15,23,37-40H,16-19H2,1-5H3. The number of allylic oxidation sites excluding steroid dienone is 2. The number of aryl methyl sites for hydroxylation is 2. The number of aromatic hydroxyl groups is 3. The molecule has 220 valence electrons. The lowest BCUT2D eigenvalue weighted by Crippen LogP contribution is -2.49. The lowest BCUT2D eigenvalue weighted by atomic mass is 9.60. The minimum Gasteiger partial charge on any atom is -0.511 e. The summed E-state index contributed by atoms with van der Waals surface area (Å²) in [4.78, 5) is 40.6. The zero-order valence-electron chi connectivity index (χ0n) is 24.7.